The van der Waals surface area contributed by atoms with Gasteiger partial charge in [0.1, 0.15) is 11.2 Å². The lowest BCUT2D eigenvalue weighted by molar-refractivity contribution is -0.152. The normalized spacial score (nSPS) is 14.8. The molecule has 0 unspecified atom stereocenters. The van der Waals surface area contributed by atoms with Crippen molar-refractivity contribution >= 4 is 36.6 Å². The largest absolute Gasteiger partial charge is 0.467 e. The van der Waals surface area contributed by atoms with Crippen LogP contribution in [0.2, 0.25) is 18.1 Å². The number of carbonyl (C=O) groups is 3. The Kier molecular flexibility index (Phi) is 12.8. The van der Waals surface area contributed by atoms with E-state index in [0.717, 1.165) is 18.4 Å². The number of amides is 2. The van der Waals surface area contributed by atoms with Crippen LogP contribution in [0.3, 0.4) is 0 Å². The van der Waals surface area contributed by atoms with E-state index in [9.17, 15) is 22.8 Å². The van der Waals surface area contributed by atoms with Gasteiger partial charge in [-0.3, -0.25) is 4.18 Å². The second-order valence-electron chi connectivity index (χ2n) is 12.5. The molecule has 0 aliphatic heterocycles. The van der Waals surface area contributed by atoms with Gasteiger partial charge >= 0.3 is 18.2 Å². The molecule has 0 aliphatic carbocycles. The molecular weight excluding hydrogens is 536 g/mol. The molecule has 0 bridgehead atoms. The van der Waals surface area contributed by atoms with Crippen LogP contribution in [0.15, 0.2) is 0 Å². The van der Waals surface area contributed by atoms with Crippen LogP contribution < -0.4 is 5.43 Å². The van der Waals surface area contributed by atoms with E-state index in [-0.39, 0.29) is 24.5 Å². The average molecular weight is 585 g/mol. The van der Waals surface area contributed by atoms with Gasteiger partial charge in [0.05, 0.1) is 26.1 Å². The van der Waals surface area contributed by atoms with E-state index in [1.807, 2.05) is 33.9 Å². The fraction of sp³-hybridized carbons (Fsp3) is 0.875. The Hall–Kier alpha value is -1.90. The number of ether oxygens (including phenoxy) is 3. The highest BCUT2D eigenvalue weighted by molar-refractivity contribution is 7.85. The summed E-state index contributed by atoms with van der Waals surface area (Å²) in [5.41, 5.74) is 0.470. The Balaban J connectivity index is 6.64. The number of hydrogen-bond donors (Lipinski definition) is 1. The van der Waals surface area contributed by atoms with Gasteiger partial charge in [-0.25, -0.2) is 19.8 Å². The number of carbonyl (C=O) groups excluding carboxylic acids is 3. The Morgan fingerprint density at radius 3 is 1.82 bits per heavy atom. The first-order valence-electron chi connectivity index (χ1n) is 12.4. The topological polar surface area (TPSA) is 147 Å². The molecule has 0 rings (SSSR count). The molecule has 0 heterocycles. The second-order valence-corrected chi connectivity index (χ2v) is 18.9. The molecule has 0 aliphatic rings. The summed E-state index contributed by atoms with van der Waals surface area (Å²) >= 11 is 0. The molecule has 0 saturated carbocycles. The van der Waals surface area contributed by atoms with Crippen molar-refractivity contribution < 1.29 is 45.6 Å². The Morgan fingerprint density at radius 2 is 1.42 bits per heavy atom. The summed E-state index contributed by atoms with van der Waals surface area (Å²) < 4.78 is 50.1. The summed E-state index contributed by atoms with van der Waals surface area (Å²) in [7, 11) is -5.12. The molecule has 38 heavy (non-hydrogen) atoms. The van der Waals surface area contributed by atoms with Crippen LogP contribution in [0.4, 0.5) is 9.59 Å². The van der Waals surface area contributed by atoms with Gasteiger partial charge in [-0.2, -0.15) is 13.4 Å². The van der Waals surface area contributed by atoms with Gasteiger partial charge in [0, 0.05) is 0 Å². The summed E-state index contributed by atoms with van der Waals surface area (Å²) in [5.74, 6) is -0.875. The quantitative estimate of drug-likeness (QED) is 0.0981. The summed E-state index contributed by atoms with van der Waals surface area (Å²) in [4.78, 5) is 39.3. The van der Waals surface area contributed by atoms with Crippen molar-refractivity contribution in [2.45, 2.75) is 117 Å². The minimum atomic E-state index is -3.69. The number of rotatable bonds is 10. The van der Waals surface area contributed by atoms with Crippen LogP contribution in [0.25, 0.3) is 0 Å². The van der Waals surface area contributed by atoms with Crippen molar-refractivity contribution in [1.29, 1.82) is 0 Å². The predicted molar refractivity (Wildman–Crippen MR) is 145 cm³/mol. The number of hydrazine groups is 1. The third-order valence-corrected chi connectivity index (χ3v) is 10.6. The molecule has 0 aromatic carbocycles. The molecule has 0 aromatic rings. The van der Waals surface area contributed by atoms with Crippen LogP contribution in [0, 0.1) is 0 Å². The summed E-state index contributed by atoms with van der Waals surface area (Å²) in [6.45, 7) is 19.6. The van der Waals surface area contributed by atoms with E-state index in [0.29, 0.717) is 0 Å². The zero-order chi connectivity index (χ0) is 30.3. The van der Waals surface area contributed by atoms with Crippen molar-refractivity contribution in [3.63, 3.8) is 0 Å². The fourth-order valence-corrected chi connectivity index (χ4v) is 4.59. The Morgan fingerprint density at radius 1 is 0.921 bits per heavy atom. The SMILES string of the molecule is COC(=O)[C@@H]([C@@H](CCCOS(C)(=O)=O)O[Si](C)(C)C(C)(C)C)N(NC(=O)OC(C)(C)C)C(=O)OC(C)(C)C. The lowest BCUT2D eigenvalue weighted by atomic mass is 10.1. The number of nitrogens with zero attached hydrogens (tertiary/aromatic N) is 1. The molecule has 0 spiro atoms. The first-order valence-corrected chi connectivity index (χ1v) is 17.1. The summed E-state index contributed by atoms with van der Waals surface area (Å²) in [5, 5.41) is 0.435. The molecule has 0 radical (unpaired) electrons. The van der Waals surface area contributed by atoms with Gasteiger partial charge in [-0.1, -0.05) is 20.8 Å². The molecule has 14 heteroatoms. The highest BCUT2D eigenvalue weighted by Gasteiger charge is 2.47. The molecule has 0 aromatic heterocycles. The van der Waals surface area contributed by atoms with E-state index in [1.54, 1.807) is 41.5 Å². The van der Waals surface area contributed by atoms with Gasteiger partial charge < -0.3 is 18.6 Å². The smallest absolute Gasteiger partial charge is 0.430 e. The van der Waals surface area contributed by atoms with E-state index in [2.05, 4.69) is 5.43 Å². The minimum absolute atomic E-state index is 0.0943. The van der Waals surface area contributed by atoms with Gasteiger partial charge in [0.15, 0.2) is 14.4 Å². The number of hydrogen-bond acceptors (Lipinski definition) is 10. The van der Waals surface area contributed by atoms with Gasteiger partial charge in [-0.15, -0.1) is 0 Å². The third kappa shape index (κ3) is 13.8. The number of nitrogens with one attached hydrogen (secondary N) is 1. The zero-order valence-electron chi connectivity index (χ0n) is 25.2. The van der Waals surface area contributed by atoms with Gasteiger partial charge in [0.25, 0.3) is 10.1 Å². The van der Waals surface area contributed by atoms with E-state index in [1.165, 1.54) is 0 Å². The average Bonchev–Trinajstić information content (AvgIpc) is 2.65. The molecule has 0 fully saturated rings. The lowest BCUT2D eigenvalue weighted by Crippen LogP contribution is -2.62. The van der Waals surface area contributed by atoms with Crippen LogP contribution >= 0.6 is 0 Å². The van der Waals surface area contributed by atoms with Crippen LogP contribution in [-0.4, -0.2) is 83.2 Å². The molecule has 224 valence electrons. The standard InChI is InChI=1S/C24H48N2O10SSi/c1-22(2,3)34-20(28)25-26(21(29)35-23(4,5)6)18(19(27)32-10)17(15-14-16-33-37(11,30)31)36-38(12,13)24(7,8)9/h17-18H,14-16H2,1-13H3,(H,25,28)/t17-,18-/m1/s1. The lowest BCUT2D eigenvalue weighted by Gasteiger charge is -2.43. The summed E-state index contributed by atoms with van der Waals surface area (Å²) in [6, 6.07) is -1.49. The van der Waals surface area contributed by atoms with Crippen molar-refractivity contribution in [1.82, 2.24) is 10.4 Å². The van der Waals surface area contributed by atoms with E-state index < -0.39 is 59.9 Å². The molecule has 12 nitrogen and oxygen atoms in total. The zero-order valence-corrected chi connectivity index (χ0v) is 27.0. The maximum atomic E-state index is 13.3. The maximum Gasteiger partial charge on any atom is 0.430 e. The van der Waals surface area contributed by atoms with E-state index in [4.69, 9.17) is 22.8 Å². The van der Waals surface area contributed by atoms with Gasteiger partial charge in [0.2, 0.25) is 0 Å². The van der Waals surface area contributed by atoms with Crippen molar-refractivity contribution in [2.24, 2.45) is 0 Å². The van der Waals surface area contributed by atoms with Crippen molar-refractivity contribution in [2.75, 3.05) is 20.0 Å². The number of esters is 1. The molecular formula is C24H48N2O10SSi. The Labute approximate surface area is 229 Å². The monoisotopic (exact) mass is 584 g/mol. The first-order chi connectivity index (χ1) is 16.8. The number of methoxy groups -OCH3 is 1. The predicted octanol–water partition coefficient (Wildman–Crippen LogP) is 4.35. The Bertz CT molecular complexity index is 918. The van der Waals surface area contributed by atoms with Crippen molar-refractivity contribution in [3.05, 3.63) is 0 Å². The van der Waals surface area contributed by atoms with Crippen LogP contribution in [-0.2, 0) is 37.7 Å². The molecule has 1 N–H and O–H groups in total. The second kappa shape index (κ2) is 13.4. The molecule has 2 amide bonds. The first kappa shape index (κ1) is 36.1. The van der Waals surface area contributed by atoms with E-state index >= 15 is 0 Å². The van der Waals surface area contributed by atoms with Crippen LogP contribution in [0.5, 0.6) is 0 Å². The highest BCUT2D eigenvalue weighted by Crippen LogP contribution is 2.38. The summed E-state index contributed by atoms with van der Waals surface area (Å²) in [6.07, 6.45) is -1.86. The maximum absolute atomic E-state index is 13.3. The third-order valence-electron chi connectivity index (χ3n) is 5.46. The highest BCUT2D eigenvalue weighted by atomic mass is 32.2. The minimum Gasteiger partial charge on any atom is -0.467 e. The van der Waals surface area contributed by atoms with Gasteiger partial charge in [-0.05, 0) is 72.5 Å². The molecule has 2 atom stereocenters. The van der Waals surface area contributed by atoms with Crippen molar-refractivity contribution in [3.8, 4) is 0 Å². The van der Waals surface area contributed by atoms with Crippen LogP contribution in [0.1, 0.15) is 75.2 Å². The fourth-order valence-electron chi connectivity index (χ4n) is 2.81. The molecule has 0 saturated heterocycles.